The van der Waals surface area contributed by atoms with Crippen molar-refractivity contribution in [2.24, 2.45) is 0 Å². The number of hydrogen-bond acceptors (Lipinski definition) is 3. The van der Waals surface area contributed by atoms with Crippen molar-refractivity contribution >= 4 is 0 Å². The molecule has 1 N–H and O–H groups in total. The Hall–Kier alpha value is -1.78. The summed E-state index contributed by atoms with van der Waals surface area (Å²) in [5.41, 5.74) is 1.31. The van der Waals surface area contributed by atoms with Crippen molar-refractivity contribution in [2.45, 2.75) is 13.3 Å². The Kier molecular flexibility index (Phi) is 2.22. The number of rotatable bonds is 2. The first kappa shape index (κ1) is 8.80. The SMILES string of the molecule is CCc1cccc(F)c1-c1nn[nH]n1. The topological polar surface area (TPSA) is 54.5 Å². The van der Waals surface area contributed by atoms with Crippen LogP contribution in [0.1, 0.15) is 12.5 Å². The third-order valence-electron chi connectivity index (χ3n) is 2.05. The van der Waals surface area contributed by atoms with Crippen LogP contribution < -0.4 is 0 Å². The molecule has 2 rings (SSSR count). The smallest absolute Gasteiger partial charge is 0.206 e. The number of tetrazole rings is 1. The molecule has 72 valence electrons. The highest BCUT2D eigenvalue weighted by Crippen LogP contribution is 2.23. The van der Waals surface area contributed by atoms with E-state index in [2.05, 4.69) is 20.6 Å². The van der Waals surface area contributed by atoms with Crippen LogP contribution in [-0.4, -0.2) is 20.6 Å². The highest BCUT2D eigenvalue weighted by molar-refractivity contribution is 5.60. The van der Waals surface area contributed by atoms with Crippen molar-refractivity contribution < 1.29 is 4.39 Å². The van der Waals surface area contributed by atoms with Crippen molar-refractivity contribution in [1.29, 1.82) is 0 Å². The lowest BCUT2D eigenvalue weighted by molar-refractivity contribution is 0.628. The normalized spacial score (nSPS) is 10.4. The van der Waals surface area contributed by atoms with Crippen LogP contribution in [0, 0.1) is 5.82 Å². The summed E-state index contributed by atoms with van der Waals surface area (Å²) in [4.78, 5) is 0. The Bertz CT molecular complexity index is 424. The van der Waals surface area contributed by atoms with Crippen LogP contribution in [0.3, 0.4) is 0 Å². The van der Waals surface area contributed by atoms with E-state index in [9.17, 15) is 4.39 Å². The van der Waals surface area contributed by atoms with Gasteiger partial charge in [0.25, 0.3) is 0 Å². The lowest BCUT2D eigenvalue weighted by Gasteiger charge is -2.03. The van der Waals surface area contributed by atoms with Crippen molar-refractivity contribution in [1.82, 2.24) is 20.6 Å². The van der Waals surface area contributed by atoms with Gasteiger partial charge in [-0.25, -0.2) is 4.39 Å². The molecule has 14 heavy (non-hydrogen) atoms. The molecule has 2 aromatic rings. The summed E-state index contributed by atoms with van der Waals surface area (Å²) in [6, 6.07) is 4.93. The molecule has 0 bridgehead atoms. The molecule has 1 aromatic carbocycles. The fourth-order valence-corrected chi connectivity index (χ4v) is 1.38. The van der Waals surface area contributed by atoms with Crippen LogP contribution in [0.2, 0.25) is 0 Å². The highest BCUT2D eigenvalue weighted by atomic mass is 19.1. The zero-order chi connectivity index (χ0) is 9.97. The number of H-pyrrole nitrogens is 1. The van der Waals surface area contributed by atoms with Crippen LogP contribution in [0.5, 0.6) is 0 Å². The van der Waals surface area contributed by atoms with E-state index in [-0.39, 0.29) is 5.82 Å². The van der Waals surface area contributed by atoms with Crippen LogP contribution in [-0.2, 0) is 6.42 Å². The van der Waals surface area contributed by atoms with E-state index < -0.39 is 0 Å². The van der Waals surface area contributed by atoms with Gasteiger partial charge in [0, 0.05) is 0 Å². The lowest BCUT2D eigenvalue weighted by atomic mass is 10.0. The van der Waals surface area contributed by atoms with Crippen LogP contribution in [0.25, 0.3) is 11.4 Å². The molecule has 4 nitrogen and oxygen atoms in total. The number of aryl methyl sites for hydroxylation is 1. The lowest BCUT2D eigenvalue weighted by Crippen LogP contribution is -1.93. The van der Waals surface area contributed by atoms with Gasteiger partial charge >= 0.3 is 0 Å². The number of nitrogens with one attached hydrogen (secondary N) is 1. The molecule has 1 aromatic heterocycles. The van der Waals surface area contributed by atoms with Gasteiger partial charge in [0.15, 0.2) is 0 Å². The van der Waals surface area contributed by atoms with E-state index in [1.54, 1.807) is 6.07 Å². The average molecular weight is 192 g/mol. The van der Waals surface area contributed by atoms with Crippen LogP contribution >= 0.6 is 0 Å². The van der Waals surface area contributed by atoms with Crippen molar-refractivity contribution in [3.63, 3.8) is 0 Å². The van der Waals surface area contributed by atoms with E-state index in [0.29, 0.717) is 11.4 Å². The molecule has 0 atom stereocenters. The zero-order valence-corrected chi connectivity index (χ0v) is 7.66. The minimum Gasteiger partial charge on any atom is -0.206 e. The van der Waals surface area contributed by atoms with Gasteiger partial charge in [-0.3, -0.25) is 0 Å². The number of nitrogens with zero attached hydrogens (tertiary/aromatic N) is 3. The van der Waals surface area contributed by atoms with E-state index in [4.69, 9.17) is 0 Å². The first-order chi connectivity index (χ1) is 6.83. The minimum absolute atomic E-state index is 0.306. The second-order valence-electron chi connectivity index (χ2n) is 2.86. The van der Waals surface area contributed by atoms with Gasteiger partial charge in [0.1, 0.15) is 5.82 Å². The highest BCUT2D eigenvalue weighted by Gasteiger charge is 2.12. The Morgan fingerprint density at radius 1 is 1.43 bits per heavy atom. The van der Waals surface area contributed by atoms with E-state index in [0.717, 1.165) is 12.0 Å². The molecule has 0 aliphatic heterocycles. The molecule has 5 heteroatoms. The van der Waals surface area contributed by atoms with Gasteiger partial charge in [0.05, 0.1) is 5.56 Å². The van der Waals surface area contributed by atoms with Gasteiger partial charge < -0.3 is 0 Å². The number of aromatic nitrogens is 4. The summed E-state index contributed by atoms with van der Waals surface area (Å²) in [7, 11) is 0. The Labute approximate surface area is 80.2 Å². The average Bonchev–Trinajstić information content (AvgIpc) is 2.70. The van der Waals surface area contributed by atoms with Crippen LogP contribution in [0.15, 0.2) is 18.2 Å². The first-order valence-corrected chi connectivity index (χ1v) is 4.34. The minimum atomic E-state index is -0.314. The molecular weight excluding hydrogens is 183 g/mol. The maximum Gasteiger partial charge on any atom is 0.207 e. The summed E-state index contributed by atoms with van der Waals surface area (Å²) in [5.74, 6) is -0.00861. The molecule has 0 spiro atoms. The molecular formula is C9H9FN4. The number of aromatic amines is 1. The molecule has 0 radical (unpaired) electrons. The maximum atomic E-state index is 13.5. The third-order valence-corrected chi connectivity index (χ3v) is 2.05. The number of benzene rings is 1. The summed E-state index contributed by atoms with van der Waals surface area (Å²) in [5, 5.41) is 13.3. The van der Waals surface area contributed by atoms with Gasteiger partial charge in [-0.05, 0) is 23.3 Å². The Morgan fingerprint density at radius 2 is 2.29 bits per heavy atom. The second-order valence-corrected chi connectivity index (χ2v) is 2.86. The van der Waals surface area contributed by atoms with Gasteiger partial charge in [-0.1, -0.05) is 19.1 Å². The Balaban J connectivity index is 2.61. The van der Waals surface area contributed by atoms with Crippen molar-refractivity contribution in [3.05, 3.63) is 29.6 Å². The van der Waals surface area contributed by atoms with E-state index in [1.807, 2.05) is 13.0 Å². The maximum absolute atomic E-state index is 13.5. The quantitative estimate of drug-likeness (QED) is 0.785. The first-order valence-electron chi connectivity index (χ1n) is 4.34. The zero-order valence-electron chi connectivity index (χ0n) is 7.66. The third kappa shape index (κ3) is 1.37. The summed E-state index contributed by atoms with van der Waals surface area (Å²) < 4.78 is 13.5. The van der Waals surface area contributed by atoms with Gasteiger partial charge in [-0.2, -0.15) is 5.21 Å². The van der Waals surface area contributed by atoms with Gasteiger partial charge in [-0.15, -0.1) is 10.2 Å². The molecule has 0 amide bonds. The molecule has 0 unspecified atom stereocenters. The molecule has 0 saturated carbocycles. The van der Waals surface area contributed by atoms with E-state index in [1.165, 1.54) is 6.07 Å². The molecule has 0 saturated heterocycles. The monoisotopic (exact) mass is 192 g/mol. The standard InChI is InChI=1S/C9H9FN4/c1-2-6-4-3-5-7(10)8(6)9-11-13-14-12-9/h3-5H,2H2,1H3,(H,11,12,13,14). The largest absolute Gasteiger partial charge is 0.207 e. The number of hydrogen-bond donors (Lipinski definition) is 1. The second kappa shape index (κ2) is 3.53. The molecule has 1 heterocycles. The predicted molar refractivity (Wildman–Crippen MR) is 48.9 cm³/mol. The molecule has 0 aliphatic carbocycles. The van der Waals surface area contributed by atoms with Crippen molar-refractivity contribution in [2.75, 3.05) is 0 Å². The van der Waals surface area contributed by atoms with Crippen molar-refractivity contribution in [3.8, 4) is 11.4 Å². The summed E-state index contributed by atoms with van der Waals surface area (Å²) >= 11 is 0. The predicted octanol–water partition coefficient (Wildman–Crippen LogP) is 1.57. The number of halogens is 1. The summed E-state index contributed by atoms with van der Waals surface area (Å²) in [6.07, 6.45) is 0.738. The Morgan fingerprint density at radius 3 is 2.93 bits per heavy atom. The fourth-order valence-electron chi connectivity index (χ4n) is 1.38. The van der Waals surface area contributed by atoms with Crippen LogP contribution in [0.4, 0.5) is 4.39 Å². The van der Waals surface area contributed by atoms with Gasteiger partial charge in [0.2, 0.25) is 5.82 Å². The molecule has 0 fully saturated rings. The summed E-state index contributed by atoms with van der Waals surface area (Å²) in [6.45, 7) is 1.96. The van der Waals surface area contributed by atoms with E-state index >= 15 is 0 Å². The fraction of sp³-hybridized carbons (Fsp3) is 0.222. The molecule has 0 aliphatic rings.